The maximum absolute atomic E-state index is 12.7. The molecule has 3 rings (SSSR count). The fraction of sp³-hybridized carbons (Fsp3) is 0.429. The Balaban J connectivity index is 1.76. The smallest absolute Gasteiger partial charge is 0.223 e. The number of rotatable bonds is 5. The average Bonchev–Trinajstić information content (AvgIpc) is 2.65. The number of hydrogen-bond acceptors (Lipinski definition) is 2. The first kappa shape index (κ1) is 16.7. The van der Waals surface area contributed by atoms with Gasteiger partial charge in [-0.1, -0.05) is 43.3 Å². The van der Waals surface area contributed by atoms with Gasteiger partial charge in [0.1, 0.15) is 0 Å². The largest absolute Gasteiger partial charge is 0.340 e. The topological polar surface area (TPSA) is 37.4 Å². The maximum atomic E-state index is 12.7. The van der Waals surface area contributed by atoms with Crippen molar-refractivity contribution in [1.29, 1.82) is 0 Å². The van der Waals surface area contributed by atoms with Crippen LogP contribution < -0.4 is 0 Å². The van der Waals surface area contributed by atoms with Crippen LogP contribution in [0.25, 0.3) is 10.8 Å². The fourth-order valence-corrected chi connectivity index (χ4v) is 3.84. The van der Waals surface area contributed by atoms with Gasteiger partial charge in [0.15, 0.2) is 6.29 Å². The van der Waals surface area contributed by atoms with Crippen LogP contribution in [0.4, 0.5) is 0 Å². The van der Waals surface area contributed by atoms with Crippen molar-refractivity contribution in [3.05, 3.63) is 47.5 Å². The SMILES string of the molecule is CCC1CCCCN1C(=O)CCc1ccc(C=O)c2ccccc12. The van der Waals surface area contributed by atoms with Crippen LogP contribution in [-0.2, 0) is 11.2 Å². The third kappa shape index (κ3) is 3.35. The van der Waals surface area contributed by atoms with Crippen molar-refractivity contribution in [3.8, 4) is 0 Å². The van der Waals surface area contributed by atoms with Gasteiger partial charge in [-0.15, -0.1) is 0 Å². The van der Waals surface area contributed by atoms with E-state index < -0.39 is 0 Å². The molecule has 1 unspecified atom stereocenters. The highest BCUT2D eigenvalue weighted by Crippen LogP contribution is 2.25. The van der Waals surface area contributed by atoms with E-state index in [0.29, 0.717) is 18.0 Å². The highest BCUT2D eigenvalue weighted by molar-refractivity contribution is 5.99. The number of benzene rings is 2. The summed E-state index contributed by atoms with van der Waals surface area (Å²) in [5, 5.41) is 2.06. The third-order valence-electron chi connectivity index (χ3n) is 5.20. The van der Waals surface area contributed by atoms with Crippen molar-refractivity contribution < 1.29 is 9.59 Å². The molecular weight excluding hydrogens is 298 g/mol. The molecule has 0 radical (unpaired) electrons. The molecule has 0 N–H and O–H groups in total. The van der Waals surface area contributed by atoms with Crippen molar-refractivity contribution in [2.45, 2.75) is 51.5 Å². The summed E-state index contributed by atoms with van der Waals surface area (Å²) in [6.45, 7) is 3.07. The molecule has 1 amide bonds. The Morgan fingerprint density at radius 3 is 2.71 bits per heavy atom. The molecule has 3 heteroatoms. The van der Waals surface area contributed by atoms with Gasteiger partial charge in [0.25, 0.3) is 0 Å². The first-order valence-corrected chi connectivity index (χ1v) is 9.00. The van der Waals surface area contributed by atoms with Crippen LogP contribution in [0, 0.1) is 0 Å². The number of nitrogens with zero attached hydrogens (tertiary/aromatic N) is 1. The summed E-state index contributed by atoms with van der Waals surface area (Å²) in [6, 6.07) is 12.2. The third-order valence-corrected chi connectivity index (χ3v) is 5.20. The molecule has 1 atom stereocenters. The van der Waals surface area contributed by atoms with Gasteiger partial charge in [-0.05, 0) is 48.4 Å². The van der Waals surface area contributed by atoms with Crippen LogP contribution >= 0.6 is 0 Å². The Bertz CT molecular complexity index is 738. The number of carbonyl (C=O) groups is 2. The van der Waals surface area contributed by atoms with Gasteiger partial charge >= 0.3 is 0 Å². The standard InChI is InChI=1S/C21H25NO2/c1-2-18-7-5-6-14-22(18)21(24)13-12-16-10-11-17(15-23)20-9-4-3-8-19(16)20/h3-4,8-11,15,18H,2,5-7,12-14H2,1H3. The molecule has 1 aliphatic heterocycles. The van der Waals surface area contributed by atoms with Crippen molar-refractivity contribution >= 4 is 23.0 Å². The molecule has 1 heterocycles. The van der Waals surface area contributed by atoms with E-state index in [2.05, 4.69) is 11.8 Å². The molecule has 3 nitrogen and oxygen atoms in total. The van der Waals surface area contributed by atoms with E-state index in [0.717, 1.165) is 54.9 Å². The number of aryl methyl sites for hydroxylation is 1. The number of aldehydes is 1. The van der Waals surface area contributed by atoms with Gasteiger partial charge < -0.3 is 4.90 Å². The number of hydrogen-bond donors (Lipinski definition) is 0. The summed E-state index contributed by atoms with van der Waals surface area (Å²) < 4.78 is 0. The van der Waals surface area contributed by atoms with Crippen LogP contribution in [0.1, 0.15) is 54.9 Å². The molecule has 0 saturated carbocycles. The van der Waals surface area contributed by atoms with E-state index in [-0.39, 0.29) is 5.91 Å². The van der Waals surface area contributed by atoms with E-state index in [1.165, 1.54) is 6.42 Å². The molecule has 24 heavy (non-hydrogen) atoms. The highest BCUT2D eigenvalue weighted by atomic mass is 16.2. The minimum absolute atomic E-state index is 0.269. The maximum Gasteiger partial charge on any atom is 0.223 e. The number of carbonyl (C=O) groups excluding carboxylic acids is 2. The zero-order chi connectivity index (χ0) is 16.9. The lowest BCUT2D eigenvalue weighted by Crippen LogP contribution is -2.43. The van der Waals surface area contributed by atoms with Crippen LogP contribution in [0.15, 0.2) is 36.4 Å². The quantitative estimate of drug-likeness (QED) is 0.766. The average molecular weight is 323 g/mol. The first-order valence-electron chi connectivity index (χ1n) is 9.00. The summed E-state index contributed by atoms with van der Waals surface area (Å²) in [7, 11) is 0. The monoisotopic (exact) mass is 323 g/mol. The van der Waals surface area contributed by atoms with E-state index in [1.807, 2.05) is 36.4 Å². The van der Waals surface area contributed by atoms with Crippen molar-refractivity contribution in [1.82, 2.24) is 4.90 Å². The summed E-state index contributed by atoms with van der Waals surface area (Å²) in [5.74, 6) is 0.269. The van der Waals surface area contributed by atoms with Gasteiger partial charge in [0.2, 0.25) is 5.91 Å². The highest BCUT2D eigenvalue weighted by Gasteiger charge is 2.24. The number of likely N-dealkylation sites (tertiary alicyclic amines) is 1. The van der Waals surface area contributed by atoms with Crippen molar-refractivity contribution in [2.24, 2.45) is 0 Å². The van der Waals surface area contributed by atoms with E-state index in [9.17, 15) is 9.59 Å². The molecule has 0 bridgehead atoms. The Morgan fingerprint density at radius 2 is 1.96 bits per heavy atom. The molecule has 0 spiro atoms. The van der Waals surface area contributed by atoms with Crippen LogP contribution in [0.3, 0.4) is 0 Å². The lowest BCUT2D eigenvalue weighted by Gasteiger charge is -2.35. The van der Waals surface area contributed by atoms with Crippen LogP contribution in [-0.4, -0.2) is 29.7 Å². The summed E-state index contributed by atoms with van der Waals surface area (Å²) in [4.78, 5) is 26.0. The van der Waals surface area contributed by atoms with Gasteiger partial charge in [0, 0.05) is 24.6 Å². The van der Waals surface area contributed by atoms with Crippen LogP contribution in [0.5, 0.6) is 0 Å². The number of piperidine rings is 1. The Hall–Kier alpha value is -2.16. The molecule has 0 aromatic heterocycles. The van der Waals surface area contributed by atoms with E-state index >= 15 is 0 Å². The van der Waals surface area contributed by atoms with Crippen LogP contribution in [0.2, 0.25) is 0 Å². The minimum atomic E-state index is 0.269. The zero-order valence-corrected chi connectivity index (χ0v) is 14.3. The Labute approximate surface area is 143 Å². The molecule has 2 aromatic carbocycles. The van der Waals surface area contributed by atoms with Gasteiger partial charge in [0.05, 0.1) is 0 Å². The summed E-state index contributed by atoms with van der Waals surface area (Å²) in [5.41, 5.74) is 1.86. The molecule has 126 valence electrons. The number of amides is 1. The molecule has 1 aliphatic rings. The van der Waals surface area contributed by atoms with Gasteiger partial charge in [-0.25, -0.2) is 0 Å². The molecule has 1 fully saturated rings. The molecule has 2 aromatic rings. The predicted octanol–water partition coefficient (Wildman–Crippen LogP) is 4.38. The summed E-state index contributed by atoms with van der Waals surface area (Å²) in [6.07, 6.45) is 6.71. The van der Waals surface area contributed by atoms with Crippen molar-refractivity contribution in [3.63, 3.8) is 0 Å². The molecule has 1 saturated heterocycles. The fourth-order valence-electron chi connectivity index (χ4n) is 3.84. The van der Waals surface area contributed by atoms with Crippen molar-refractivity contribution in [2.75, 3.05) is 6.54 Å². The lowest BCUT2D eigenvalue weighted by atomic mass is 9.96. The van der Waals surface area contributed by atoms with E-state index in [4.69, 9.17) is 0 Å². The minimum Gasteiger partial charge on any atom is -0.340 e. The second-order valence-corrected chi connectivity index (χ2v) is 6.62. The van der Waals surface area contributed by atoms with Gasteiger partial charge in [-0.2, -0.15) is 0 Å². The zero-order valence-electron chi connectivity index (χ0n) is 14.3. The summed E-state index contributed by atoms with van der Waals surface area (Å²) >= 11 is 0. The number of fused-ring (bicyclic) bond motifs is 1. The van der Waals surface area contributed by atoms with Gasteiger partial charge in [-0.3, -0.25) is 9.59 Å². The second kappa shape index (κ2) is 7.61. The lowest BCUT2D eigenvalue weighted by molar-refractivity contribution is -0.134. The predicted molar refractivity (Wildman–Crippen MR) is 97.3 cm³/mol. The second-order valence-electron chi connectivity index (χ2n) is 6.62. The Morgan fingerprint density at radius 1 is 1.17 bits per heavy atom. The molecular formula is C21H25NO2. The first-order chi connectivity index (χ1) is 11.7. The Kier molecular flexibility index (Phi) is 5.29. The molecule has 0 aliphatic carbocycles. The van der Waals surface area contributed by atoms with E-state index in [1.54, 1.807) is 0 Å². The normalized spacial score (nSPS) is 17.9.